The normalized spacial score (nSPS) is 10.3. The topological polar surface area (TPSA) is 26.3 Å². The highest BCUT2D eigenvalue weighted by molar-refractivity contribution is 6.38. The number of hydrogen-bond donors (Lipinski definition) is 0. The first-order valence-electron chi connectivity index (χ1n) is 5.36. The molecule has 2 rings (SSSR count). The van der Waals surface area contributed by atoms with Crippen molar-refractivity contribution in [2.24, 2.45) is 0 Å². The van der Waals surface area contributed by atoms with Crippen LogP contribution >= 0.6 is 34.8 Å². The van der Waals surface area contributed by atoms with Crippen LogP contribution < -0.4 is 4.74 Å². The Hall–Kier alpha value is -1.22. The van der Waals surface area contributed by atoms with Crippen molar-refractivity contribution in [3.63, 3.8) is 0 Å². The molecule has 0 aliphatic heterocycles. The molecule has 0 N–H and O–H groups in total. The van der Waals surface area contributed by atoms with Crippen molar-refractivity contribution in [3.05, 3.63) is 62.6 Å². The molecule has 2 aromatic rings. The molecule has 0 fully saturated rings. The molecule has 2 nitrogen and oxygen atoms in total. The zero-order valence-electron chi connectivity index (χ0n) is 9.91. The molecule has 0 aromatic heterocycles. The van der Waals surface area contributed by atoms with Gasteiger partial charge in [0.25, 0.3) is 0 Å². The third-order valence-corrected chi connectivity index (χ3v) is 3.42. The number of carbonyl (C=O) groups is 1. The van der Waals surface area contributed by atoms with Crippen molar-refractivity contribution in [1.82, 2.24) is 0 Å². The fourth-order valence-electron chi connectivity index (χ4n) is 1.64. The van der Waals surface area contributed by atoms with Crippen LogP contribution in [0.25, 0.3) is 0 Å². The second-order valence-electron chi connectivity index (χ2n) is 3.81. The minimum absolute atomic E-state index is 0.239. The van der Waals surface area contributed by atoms with Gasteiger partial charge in [0.05, 0.1) is 17.2 Å². The monoisotopic (exact) mass is 314 g/mol. The van der Waals surface area contributed by atoms with Crippen molar-refractivity contribution < 1.29 is 9.53 Å². The van der Waals surface area contributed by atoms with Crippen LogP contribution in [0.2, 0.25) is 15.1 Å². The molecule has 0 atom stereocenters. The zero-order chi connectivity index (χ0) is 14.0. The van der Waals surface area contributed by atoms with E-state index in [1.165, 1.54) is 19.2 Å². The summed E-state index contributed by atoms with van der Waals surface area (Å²) in [6.07, 6.45) is 0. The van der Waals surface area contributed by atoms with E-state index in [0.717, 1.165) is 0 Å². The first-order valence-corrected chi connectivity index (χ1v) is 6.49. The molecule has 0 spiro atoms. The molecule has 0 amide bonds. The molecule has 0 radical (unpaired) electrons. The number of carbonyl (C=O) groups excluding carboxylic acids is 1. The van der Waals surface area contributed by atoms with Gasteiger partial charge in [-0.3, -0.25) is 4.79 Å². The summed E-state index contributed by atoms with van der Waals surface area (Å²) in [6.45, 7) is 0. The molecular weight excluding hydrogens is 307 g/mol. The predicted molar refractivity (Wildman–Crippen MR) is 77.9 cm³/mol. The summed E-state index contributed by atoms with van der Waals surface area (Å²) >= 11 is 17.9. The summed E-state index contributed by atoms with van der Waals surface area (Å²) < 4.78 is 5.04. The van der Waals surface area contributed by atoms with Gasteiger partial charge in [0, 0.05) is 22.2 Å². The average molecular weight is 316 g/mol. The standard InChI is InChI=1S/C14H9Cl3O2/c1-19-13-7-11(16)10(6-12(13)17)14(18)8-3-2-4-9(15)5-8/h2-7H,1H3. The van der Waals surface area contributed by atoms with E-state index in [2.05, 4.69) is 0 Å². The largest absolute Gasteiger partial charge is 0.495 e. The smallest absolute Gasteiger partial charge is 0.194 e. The maximum absolute atomic E-state index is 12.3. The van der Waals surface area contributed by atoms with Crippen LogP contribution in [0.15, 0.2) is 36.4 Å². The van der Waals surface area contributed by atoms with Crippen molar-refractivity contribution in [2.45, 2.75) is 0 Å². The van der Waals surface area contributed by atoms with Gasteiger partial charge in [-0.15, -0.1) is 0 Å². The fourth-order valence-corrected chi connectivity index (χ4v) is 2.31. The lowest BCUT2D eigenvalue weighted by Crippen LogP contribution is -2.02. The Balaban J connectivity index is 2.47. The lowest BCUT2D eigenvalue weighted by atomic mass is 10.0. The third-order valence-electron chi connectivity index (χ3n) is 2.57. The van der Waals surface area contributed by atoms with Crippen molar-refractivity contribution in [1.29, 1.82) is 0 Å². The highest BCUT2D eigenvalue weighted by Gasteiger charge is 2.16. The maximum Gasteiger partial charge on any atom is 0.194 e. The zero-order valence-corrected chi connectivity index (χ0v) is 12.2. The lowest BCUT2D eigenvalue weighted by Gasteiger charge is -2.08. The van der Waals surface area contributed by atoms with Crippen LogP contribution in [-0.4, -0.2) is 12.9 Å². The summed E-state index contributed by atoms with van der Waals surface area (Å²) in [5, 5.41) is 1.10. The van der Waals surface area contributed by atoms with Crippen LogP contribution in [0.1, 0.15) is 15.9 Å². The summed E-state index contributed by atoms with van der Waals surface area (Å²) in [6, 6.07) is 9.66. The summed E-state index contributed by atoms with van der Waals surface area (Å²) in [5.74, 6) is 0.186. The Morgan fingerprint density at radius 3 is 2.42 bits per heavy atom. The van der Waals surface area contributed by atoms with Crippen LogP contribution in [-0.2, 0) is 0 Å². The van der Waals surface area contributed by atoms with Gasteiger partial charge in [-0.05, 0) is 18.2 Å². The second-order valence-corrected chi connectivity index (χ2v) is 5.06. The predicted octanol–water partition coefficient (Wildman–Crippen LogP) is 4.89. The highest BCUT2D eigenvalue weighted by atomic mass is 35.5. The molecule has 5 heteroatoms. The second kappa shape index (κ2) is 5.83. The molecule has 0 aliphatic rings. The SMILES string of the molecule is COc1cc(Cl)c(C(=O)c2cccc(Cl)c2)cc1Cl. The molecule has 0 unspecified atom stereocenters. The Kier molecular flexibility index (Phi) is 4.35. The van der Waals surface area contributed by atoms with Crippen LogP contribution in [0, 0.1) is 0 Å². The van der Waals surface area contributed by atoms with Gasteiger partial charge in [0.2, 0.25) is 0 Å². The van der Waals surface area contributed by atoms with Crippen molar-refractivity contribution >= 4 is 40.6 Å². The molecule has 2 aromatic carbocycles. The minimum atomic E-state index is -0.239. The molecule has 0 aliphatic carbocycles. The van der Waals surface area contributed by atoms with Crippen molar-refractivity contribution in [2.75, 3.05) is 7.11 Å². The van der Waals surface area contributed by atoms with Gasteiger partial charge < -0.3 is 4.74 Å². The number of methoxy groups -OCH3 is 1. The Bertz CT molecular complexity index is 639. The first kappa shape index (κ1) is 14.2. The van der Waals surface area contributed by atoms with E-state index in [-0.39, 0.29) is 10.8 Å². The molecule has 98 valence electrons. The number of benzene rings is 2. The minimum Gasteiger partial charge on any atom is -0.495 e. The van der Waals surface area contributed by atoms with E-state index < -0.39 is 0 Å². The van der Waals surface area contributed by atoms with Crippen LogP contribution in [0.4, 0.5) is 0 Å². The maximum atomic E-state index is 12.3. The molecule has 0 saturated carbocycles. The quantitative estimate of drug-likeness (QED) is 0.754. The van der Waals surface area contributed by atoms with Gasteiger partial charge in [-0.25, -0.2) is 0 Å². The molecule has 0 saturated heterocycles. The van der Waals surface area contributed by atoms with Crippen LogP contribution in [0.5, 0.6) is 5.75 Å². The van der Waals surface area contributed by atoms with E-state index in [9.17, 15) is 4.79 Å². The number of rotatable bonds is 3. The van der Waals surface area contributed by atoms with Gasteiger partial charge in [0.15, 0.2) is 5.78 Å². The summed E-state index contributed by atoms with van der Waals surface area (Å²) in [7, 11) is 1.48. The van der Waals surface area contributed by atoms with Crippen molar-refractivity contribution in [3.8, 4) is 5.75 Å². The Morgan fingerprint density at radius 2 is 1.79 bits per heavy atom. The number of ketones is 1. The van der Waals surface area contributed by atoms with Gasteiger partial charge in [0.1, 0.15) is 5.75 Å². The summed E-state index contributed by atoms with van der Waals surface area (Å²) in [4.78, 5) is 12.3. The average Bonchev–Trinajstić information content (AvgIpc) is 2.40. The van der Waals surface area contributed by atoms with E-state index in [4.69, 9.17) is 39.5 Å². The number of hydrogen-bond acceptors (Lipinski definition) is 2. The molecule has 0 heterocycles. The van der Waals surface area contributed by atoms with E-state index in [0.29, 0.717) is 26.9 Å². The van der Waals surface area contributed by atoms with Gasteiger partial charge >= 0.3 is 0 Å². The van der Waals surface area contributed by atoms with Gasteiger partial charge in [-0.2, -0.15) is 0 Å². The van der Waals surface area contributed by atoms with E-state index in [1.54, 1.807) is 24.3 Å². The van der Waals surface area contributed by atoms with E-state index >= 15 is 0 Å². The molecule has 0 bridgehead atoms. The third kappa shape index (κ3) is 3.03. The van der Waals surface area contributed by atoms with Gasteiger partial charge in [-0.1, -0.05) is 46.9 Å². The molecular formula is C14H9Cl3O2. The first-order chi connectivity index (χ1) is 9.02. The van der Waals surface area contributed by atoms with E-state index in [1.807, 2.05) is 0 Å². The Labute approximate surface area is 125 Å². The number of ether oxygens (including phenoxy) is 1. The Morgan fingerprint density at radius 1 is 1.05 bits per heavy atom. The van der Waals surface area contributed by atoms with Crippen LogP contribution in [0.3, 0.4) is 0 Å². The summed E-state index contributed by atoms with van der Waals surface area (Å²) in [5.41, 5.74) is 0.769. The lowest BCUT2D eigenvalue weighted by molar-refractivity contribution is 0.103. The molecule has 19 heavy (non-hydrogen) atoms. The highest BCUT2D eigenvalue weighted by Crippen LogP contribution is 2.32. The fraction of sp³-hybridized carbons (Fsp3) is 0.0714. The number of halogens is 3.